The molecule has 0 radical (unpaired) electrons. The van der Waals surface area contributed by atoms with E-state index in [0.29, 0.717) is 69.2 Å². The lowest BCUT2D eigenvalue weighted by atomic mass is 9.85. The lowest BCUT2D eigenvalue weighted by Crippen LogP contribution is -2.62. The van der Waals surface area contributed by atoms with Crippen molar-refractivity contribution >= 4 is 52.5 Å². The highest BCUT2D eigenvalue weighted by atomic mass is 19.1. The van der Waals surface area contributed by atoms with Gasteiger partial charge in [0.15, 0.2) is 0 Å². The van der Waals surface area contributed by atoms with Gasteiger partial charge in [0.25, 0.3) is 11.8 Å². The lowest BCUT2D eigenvalue weighted by Gasteiger charge is -2.43. The summed E-state index contributed by atoms with van der Waals surface area (Å²) in [5, 5.41) is 15.0. The van der Waals surface area contributed by atoms with Crippen LogP contribution in [0.25, 0.3) is 0 Å². The zero-order valence-electron chi connectivity index (χ0n) is 45.6. The third-order valence-corrected chi connectivity index (χ3v) is 16.9. The van der Waals surface area contributed by atoms with Crippen molar-refractivity contribution in [1.82, 2.24) is 36.0 Å². The molecule has 18 nitrogen and oxygen atoms in total. The number of rotatable bonds is 17. The predicted molar refractivity (Wildman–Crippen MR) is 293 cm³/mol. The molecule has 6 heterocycles. The molecule has 4 aromatic rings. The maximum absolute atomic E-state index is 15.7. The van der Waals surface area contributed by atoms with Gasteiger partial charge < -0.3 is 50.8 Å². The van der Waals surface area contributed by atoms with Crippen molar-refractivity contribution in [3.63, 3.8) is 0 Å². The summed E-state index contributed by atoms with van der Waals surface area (Å²) >= 11 is 0. The Morgan fingerprint density at radius 1 is 0.899 bits per heavy atom. The molecule has 0 aliphatic carbocycles. The Kier molecular flexibility index (Phi) is 16.6. The maximum Gasteiger partial charge on any atom is 0.251 e. The number of amides is 6. The maximum atomic E-state index is 15.7. The summed E-state index contributed by atoms with van der Waals surface area (Å²) in [5.41, 5.74) is 3.66. The van der Waals surface area contributed by atoms with E-state index in [1.165, 1.54) is 29.2 Å². The van der Waals surface area contributed by atoms with E-state index in [2.05, 4.69) is 50.2 Å². The van der Waals surface area contributed by atoms with E-state index in [1.54, 1.807) is 54.1 Å². The minimum Gasteiger partial charge on any atom is -0.381 e. The molecule has 1 unspecified atom stereocenters. The molecule has 3 saturated heterocycles. The summed E-state index contributed by atoms with van der Waals surface area (Å²) in [4.78, 5) is 95.3. The van der Waals surface area contributed by atoms with Crippen LogP contribution in [0.5, 0.6) is 0 Å². The van der Waals surface area contributed by atoms with Crippen LogP contribution in [0.15, 0.2) is 78.9 Å². The van der Waals surface area contributed by atoms with Gasteiger partial charge >= 0.3 is 0 Å². The minimum atomic E-state index is -1.18. The van der Waals surface area contributed by atoms with Crippen molar-refractivity contribution in [3.05, 3.63) is 124 Å². The standard InChI is InChI=1S/C59H72F2N10O8/c1-35-29-68(44(28-64-35)31-67-20-23-79-33-36(67)2)32-50(72)71-34-59(4)51-48(25-39(26-49(51)71)24-38-10-13-43(60)14-11-38)69(58(59)77)19-18-63-55(74)41-12-15-46(61)47(27-41)65-56(75)53-45-9-7-6-8-42(45)30-70(53)57(76)52(40-16-21-78-22-17-40)66-54(73)37(3)62-5/h6-15,25-27,35-37,40,44,52-53,62,64H,16-24,28-34H2,1-5H3,(H,63,74)(H,65,75)(H,66,73)/t35-,36-,37+,44-,52+,53+,59?/m1/s1. The summed E-state index contributed by atoms with van der Waals surface area (Å²) < 4.78 is 41.1. The monoisotopic (exact) mass is 1090 g/mol. The predicted octanol–water partition coefficient (Wildman–Crippen LogP) is 3.86. The number of ether oxygens (including phenoxy) is 2. The van der Waals surface area contributed by atoms with Crippen LogP contribution in [0.3, 0.4) is 0 Å². The fourth-order valence-corrected chi connectivity index (χ4v) is 12.3. The van der Waals surface area contributed by atoms with E-state index in [4.69, 9.17) is 9.47 Å². The zero-order valence-corrected chi connectivity index (χ0v) is 45.6. The zero-order chi connectivity index (χ0) is 55.7. The highest BCUT2D eigenvalue weighted by Gasteiger charge is 2.56. The molecule has 6 aliphatic rings. The minimum absolute atomic E-state index is 0.00247. The molecule has 10 rings (SSSR count). The Labute approximate surface area is 459 Å². The third-order valence-electron chi connectivity index (χ3n) is 16.9. The first-order valence-electron chi connectivity index (χ1n) is 27.7. The van der Waals surface area contributed by atoms with Crippen molar-refractivity contribution in [3.8, 4) is 0 Å². The number of carbonyl (C=O) groups is 6. The van der Waals surface area contributed by atoms with Gasteiger partial charge in [0.05, 0.1) is 48.3 Å². The van der Waals surface area contributed by atoms with Crippen molar-refractivity contribution in [2.45, 2.75) is 95.2 Å². The SMILES string of the molecule is CN[C@@H](C)C(=O)N[C@H](C(=O)N1Cc2ccccc2[C@H]1C(=O)Nc1cc(C(=O)NCCN2C(=O)C3(C)CN(C(=O)CN4C[C@@H](C)NC[C@@H]4CN4CCOC[C@H]4C)c4cc(Cc5ccc(F)cc5)cc2c43)ccc1F)C1CCOCC1. The van der Waals surface area contributed by atoms with Gasteiger partial charge in [0.2, 0.25) is 23.6 Å². The molecule has 6 aliphatic heterocycles. The summed E-state index contributed by atoms with van der Waals surface area (Å²) in [5.74, 6) is -3.85. The van der Waals surface area contributed by atoms with Crippen molar-refractivity contribution < 1.29 is 47.0 Å². The van der Waals surface area contributed by atoms with Gasteiger partial charge in [-0.15, -0.1) is 0 Å². The van der Waals surface area contributed by atoms with Gasteiger partial charge in [-0.1, -0.05) is 36.4 Å². The molecule has 20 heteroatoms. The molecule has 5 N–H and O–H groups in total. The van der Waals surface area contributed by atoms with E-state index in [1.807, 2.05) is 25.1 Å². The van der Waals surface area contributed by atoms with E-state index in [-0.39, 0.29) is 91.6 Å². The smallest absolute Gasteiger partial charge is 0.251 e. The number of carbonyl (C=O) groups excluding carboxylic acids is 6. The number of nitrogens with zero attached hydrogens (tertiary/aromatic N) is 5. The molecule has 79 heavy (non-hydrogen) atoms. The van der Waals surface area contributed by atoms with Crippen LogP contribution in [-0.2, 0) is 51.8 Å². The van der Waals surface area contributed by atoms with Gasteiger partial charge in [0.1, 0.15) is 23.7 Å². The number of anilines is 3. The summed E-state index contributed by atoms with van der Waals surface area (Å²) in [6, 6.07) is 18.7. The summed E-state index contributed by atoms with van der Waals surface area (Å²) in [7, 11) is 1.65. The number of piperazine rings is 1. The average molecular weight is 1090 g/mol. The molecule has 7 atom stereocenters. The quantitative estimate of drug-likeness (QED) is 0.103. The number of fused-ring (bicyclic) bond motifs is 1. The van der Waals surface area contributed by atoms with Gasteiger partial charge in [-0.3, -0.25) is 38.6 Å². The first-order chi connectivity index (χ1) is 38.0. The van der Waals surface area contributed by atoms with Crippen LogP contribution in [0.2, 0.25) is 0 Å². The Balaban J connectivity index is 0.850. The molecule has 0 aromatic heterocycles. The second-order valence-electron chi connectivity index (χ2n) is 22.3. The molecule has 3 fully saturated rings. The first-order valence-corrected chi connectivity index (χ1v) is 27.7. The number of benzene rings is 4. The fraction of sp³-hybridized carbons (Fsp3) is 0.492. The number of hydrogen-bond donors (Lipinski definition) is 5. The lowest BCUT2D eigenvalue weighted by molar-refractivity contribution is -0.144. The van der Waals surface area contributed by atoms with Gasteiger partial charge in [-0.2, -0.15) is 0 Å². The Morgan fingerprint density at radius 3 is 2.42 bits per heavy atom. The van der Waals surface area contributed by atoms with E-state index in [9.17, 15) is 33.2 Å². The topological polar surface area (TPSA) is 197 Å². The van der Waals surface area contributed by atoms with Gasteiger partial charge in [-0.25, -0.2) is 8.78 Å². The van der Waals surface area contributed by atoms with Crippen LogP contribution < -0.4 is 36.4 Å². The molecular weight excluding hydrogens is 1010 g/mol. The first kappa shape index (κ1) is 55.6. The van der Waals surface area contributed by atoms with Crippen LogP contribution >= 0.6 is 0 Å². The largest absolute Gasteiger partial charge is 0.381 e. The summed E-state index contributed by atoms with van der Waals surface area (Å²) in [6.07, 6.45) is 1.46. The summed E-state index contributed by atoms with van der Waals surface area (Å²) in [6.45, 7) is 13.5. The molecule has 6 amide bonds. The molecule has 0 spiro atoms. The molecule has 420 valence electrons. The number of nitrogens with one attached hydrogen (secondary N) is 5. The van der Waals surface area contributed by atoms with Crippen LogP contribution in [0.1, 0.15) is 84.8 Å². The van der Waals surface area contributed by atoms with E-state index >= 15 is 4.39 Å². The van der Waals surface area contributed by atoms with E-state index < -0.39 is 47.1 Å². The highest BCUT2D eigenvalue weighted by Crippen LogP contribution is 2.53. The molecular formula is C59H72F2N10O8. The second kappa shape index (κ2) is 23.6. The average Bonchev–Trinajstić information content (AvgIpc) is 3.26. The molecule has 0 saturated carbocycles. The Morgan fingerprint density at radius 2 is 1.66 bits per heavy atom. The number of hydrogen-bond acceptors (Lipinski definition) is 12. The van der Waals surface area contributed by atoms with Crippen LogP contribution in [0.4, 0.5) is 25.8 Å². The van der Waals surface area contributed by atoms with Crippen molar-refractivity contribution in [1.29, 1.82) is 0 Å². The number of halogens is 2. The Bertz CT molecular complexity index is 2980. The third kappa shape index (κ3) is 11.5. The van der Waals surface area contributed by atoms with E-state index in [0.717, 1.165) is 48.0 Å². The Hall–Kier alpha value is -6.68. The molecule has 0 bridgehead atoms. The van der Waals surface area contributed by atoms with Crippen molar-refractivity contribution in [2.24, 2.45) is 5.92 Å². The van der Waals surface area contributed by atoms with Crippen molar-refractivity contribution in [2.75, 3.05) is 101 Å². The highest BCUT2D eigenvalue weighted by molar-refractivity contribution is 6.15. The fourth-order valence-electron chi connectivity index (χ4n) is 12.3. The van der Waals surface area contributed by atoms with Crippen LogP contribution in [-0.4, -0.2) is 166 Å². The van der Waals surface area contributed by atoms with Crippen LogP contribution in [0, 0.1) is 17.6 Å². The van der Waals surface area contributed by atoms with Gasteiger partial charge in [-0.05, 0) is 125 Å². The van der Waals surface area contributed by atoms with Gasteiger partial charge in [0, 0.05) is 94.8 Å². The normalized spacial score (nSPS) is 24.0. The number of morpholine rings is 1. The number of likely N-dealkylation sites (N-methyl/N-ethyl adjacent to an activating group) is 1. The molecule has 4 aromatic carbocycles. The second-order valence-corrected chi connectivity index (χ2v) is 22.3.